The normalized spacial score (nSPS) is 11.5. The van der Waals surface area contributed by atoms with Crippen molar-refractivity contribution in [2.24, 2.45) is 0 Å². The quantitative estimate of drug-likeness (QED) is 0.0898. The topological polar surface area (TPSA) is 9.23 Å². The number of rotatable bonds is 31. The summed E-state index contributed by atoms with van der Waals surface area (Å²) in [5.41, 5.74) is 0. The van der Waals surface area contributed by atoms with Crippen molar-refractivity contribution in [1.82, 2.24) is 0 Å². The standard InChI is InChI=1S/C33H67O/c1-3-5-7-9-11-13-15-16-17-18-19-20-21-23-25-27-29-31-33-34-32-30-28-26-24-22-14-12-10-8-6-4-2/h33H,3-32H2,1-2H3. The van der Waals surface area contributed by atoms with Crippen LogP contribution in [0.2, 0.25) is 0 Å². The molecule has 0 aromatic carbocycles. The summed E-state index contributed by atoms with van der Waals surface area (Å²) in [5, 5.41) is 0. The van der Waals surface area contributed by atoms with Gasteiger partial charge in [0.15, 0.2) is 0 Å². The predicted octanol–water partition coefficient (Wildman–Crippen LogP) is 12.5. The second-order valence-electron chi connectivity index (χ2n) is 11.0. The van der Waals surface area contributed by atoms with E-state index in [9.17, 15) is 0 Å². The fourth-order valence-corrected chi connectivity index (χ4v) is 4.97. The van der Waals surface area contributed by atoms with Crippen molar-refractivity contribution in [2.45, 2.75) is 200 Å². The van der Waals surface area contributed by atoms with Gasteiger partial charge in [0.25, 0.3) is 0 Å². The minimum Gasteiger partial charge on any atom is -0.376 e. The molecule has 34 heavy (non-hydrogen) atoms. The van der Waals surface area contributed by atoms with Crippen LogP contribution < -0.4 is 0 Å². The maximum absolute atomic E-state index is 5.72. The SMILES string of the molecule is CCCCCCCCCCCCCCCCCCC[CH]OCCCCCCCCCCCCC. The summed E-state index contributed by atoms with van der Waals surface area (Å²) in [5.74, 6) is 0. The maximum atomic E-state index is 5.72. The third-order valence-electron chi connectivity index (χ3n) is 7.41. The molecule has 0 aliphatic heterocycles. The second kappa shape index (κ2) is 33.0. The van der Waals surface area contributed by atoms with E-state index in [-0.39, 0.29) is 0 Å². The Morgan fingerprint density at radius 3 is 0.912 bits per heavy atom. The van der Waals surface area contributed by atoms with Crippen molar-refractivity contribution in [1.29, 1.82) is 0 Å². The van der Waals surface area contributed by atoms with Gasteiger partial charge in [-0.3, -0.25) is 0 Å². The van der Waals surface area contributed by atoms with Gasteiger partial charge in [0.2, 0.25) is 0 Å². The second-order valence-corrected chi connectivity index (χ2v) is 11.0. The first-order valence-corrected chi connectivity index (χ1v) is 16.3. The Hall–Kier alpha value is -0.0400. The third kappa shape index (κ3) is 32.0. The summed E-state index contributed by atoms with van der Waals surface area (Å²) in [7, 11) is 0. The van der Waals surface area contributed by atoms with Crippen LogP contribution in [-0.4, -0.2) is 6.61 Å². The van der Waals surface area contributed by atoms with Crippen molar-refractivity contribution in [3.63, 3.8) is 0 Å². The smallest absolute Gasteiger partial charge is 0.0836 e. The van der Waals surface area contributed by atoms with Crippen LogP contribution in [0.4, 0.5) is 0 Å². The van der Waals surface area contributed by atoms with Crippen molar-refractivity contribution in [3.8, 4) is 0 Å². The first kappa shape index (κ1) is 34.0. The highest BCUT2D eigenvalue weighted by atomic mass is 16.5. The Kier molecular flexibility index (Phi) is 32.9. The Labute approximate surface area is 218 Å². The van der Waals surface area contributed by atoms with Crippen LogP contribution >= 0.6 is 0 Å². The Bertz CT molecular complexity index is 295. The molecule has 0 fully saturated rings. The van der Waals surface area contributed by atoms with Gasteiger partial charge in [-0.1, -0.05) is 187 Å². The zero-order valence-corrected chi connectivity index (χ0v) is 24.2. The van der Waals surface area contributed by atoms with E-state index >= 15 is 0 Å². The van der Waals surface area contributed by atoms with E-state index in [4.69, 9.17) is 4.74 Å². The molecule has 205 valence electrons. The molecule has 0 amide bonds. The zero-order chi connectivity index (χ0) is 24.6. The summed E-state index contributed by atoms with van der Waals surface area (Å²) in [4.78, 5) is 0. The molecule has 1 radical (unpaired) electrons. The van der Waals surface area contributed by atoms with Gasteiger partial charge < -0.3 is 4.74 Å². The lowest BCUT2D eigenvalue weighted by Gasteiger charge is -2.05. The lowest BCUT2D eigenvalue weighted by Crippen LogP contribution is -1.92. The molecule has 1 heteroatoms. The summed E-state index contributed by atoms with van der Waals surface area (Å²) in [6, 6.07) is 0. The van der Waals surface area contributed by atoms with Gasteiger partial charge in [-0.2, -0.15) is 0 Å². The summed E-state index contributed by atoms with van der Waals surface area (Å²) < 4.78 is 5.72. The summed E-state index contributed by atoms with van der Waals surface area (Å²) in [6.45, 7) is 7.62. The van der Waals surface area contributed by atoms with Crippen LogP contribution in [0.1, 0.15) is 200 Å². The molecule has 0 spiro atoms. The van der Waals surface area contributed by atoms with Gasteiger partial charge >= 0.3 is 0 Å². The molecule has 0 aromatic heterocycles. The fourth-order valence-electron chi connectivity index (χ4n) is 4.97. The molecule has 0 bridgehead atoms. The van der Waals surface area contributed by atoms with E-state index in [0.717, 1.165) is 13.0 Å². The molecular formula is C33H67O. The number of ether oxygens (including phenoxy) is 1. The van der Waals surface area contributed by atoms with Crippen LogP contribution in [0.3, 0.4) is 0 Å². The van der Waals surface area contributed by atoms with Gasteiger partial charge in [0.1, 0.15) is 0 Å². The van der Waals surface area contributed by atoms with E-state index in [1.165, 1.54) is 180 Å². The van der Waals surface area contributed by atoms with E-state index in [2.05, 4.69) is 20.5 Å². The molecular weight excluding hydrogens is 412 g/mol. The predicted molar refractivity (Wildman–Crippen MR) is 155 cm³/mol. The van der Waals surface area contributed by atoms with E-state index < -0.39 is 0 Å². The highest BCUT2D eigenvalue weighted by Gasteiger charge is 1.97. The van der Waals surface area contributed by atoms with Crippen LogP contribution in [-0.2, 0) is 4.74 Å². The molecule has 0 saturated carbocycles. The molecule has 0 aromatic rings. The highest BCUT2D eigenvalue weighted by molar-refractivity contribution is 4.55. The van der Waals surface area contributed by atoms with Crippen molar-refractivity contribution < 1.29 is 4.74 Å². The average Bonchev–Trinajstić information content (AvgIpc) is 2.85. The first-order chi connectivity index (χ1) is 16.9. The Balaban J connectivity index is 2.99. The van der Waals surface area contributed by atoms with Crippen LogP contribution in [0.15, 0.2) is 0 Å². The average molecular weight is 480 g/mol. The van der Waals surface area contributed by atoms with E-state index in [0.29, 0.717) is 0 Å². The lowest BCUT2D eigenvalue weighted by molar-refractivity contribution is 0.183. The molecule has 0 atom stereocenters. The Morgan fingerprint density at radius 2 is 0.588 bits per heavy atom. The molecule has 0 saturated heterocycles. The summed E-state index contributed by atoms with van der Waals surface area (Å²) in [6.07, 6.45) is 41.2. The molecule has 0 heterocycles. The van der Waals surface area contributed by atoms with Crippen LogP contribution in [0, 0.1) is 6.61 Å². The minimum atomic E-state index is 0.940. The lowest BCUT2D eigenvalue weighted by atomic mass is 10.0. The Morgan fingerprint density at radius 1 is 0.324 bits per heavy atom. The van der Waals surface area contributed by atoms with Crippen LogP contribution in [0.5, 0.6) is 0 Å². The van der Waals surface area contributed by atoms with Crippen molar-refractivity contribution >= 4 is 0 Å². The maximum Gasteiger partial charge on any atom is 0.0836 e. The fraction of sp³-hybridized carbons (Fsp3) is 0.970. The summed E-state index contributed by atoms with van der Waals surface area (Å²) >= 11 is 0. The third-order valence-corrected chi connectivity index (χ3v) is 7.41. The number of unbranched alkanes of at least 4 members (excludes halogenated alkanes) is 27. The van der Waals surface area contributed by atoms with Gasteiger partial charge in [-0.15, -0.1) is 0 Å². The van der Waals surface area contributed by atoms with Crippen molar-refractivity contribution in [2.75, 3.05) is 6.61 Å². The molecule has 0 aliphatic rings. The number of hydrogen-bond acceptors (Lipinski definition) is 1. The number of hydrogen-bond donors (Lipinski definition) is 0. The molecule has 0 rings (SSSR count). The van der Waals surface area contributed by atoms with E-state index in [1.807, 2.05) is 0 Å². The minimum absolute atomic E-state index is 0.940. The molecule has 0 unspecified atom stereocenters. The van der Waals surface area contributed by atoms with Gasteiger partial charge in [-0.25, -0.2) is 0 Å². The van der Waals surface area contributed by atoms with Gasteiger partial charge in [0.05, 0.1) is 6.61 Å². The first-order valence-electron chi connectivity index (χ1n) is 16.3. The van der Waals surface area contributed by atoms with E-state index in [1.54, 1.807) is 0 Å². The molecule has 0 aliphatic carbocycles. The largest absolute Gasteiger partial charge is 0.376 e. The van der Waals surface area contributed by atoms with Crippen molar-refractivity contribution in [3.05, 3.63) is 6.61 Å². The molecule has 0 N–H and O–H groups in total. The zero-order valence-electron chi connectivity index (χ0n) is 24.2. The highest BCUT2D eigenvalue weighted by Crippen LogP contribution is 2.15. The molecule has 1 nitrogen and oxygen atoms in total. The van der Waals surface area contributed by atoms with Crippen LogP contribution in [0.25, 0.3) is 0 Å². The monoisotopic (exact) mass is 480 g/mol. The van der Waals surface area contributed by atoms with Gasteiger partial charge in [0, 0.05) is 6.61 Å². The van der Waals surface area contributed by atoms with Gasteiger partial charge in [-0.05, 0) is 12.8 Å².